The lowest BCUT2D eigenvalue weighted by molar-refractivity contribution is 0.295. The summed E-state index contributed by atoms with van der Waals surface area (Å²) in [5, 5.41) is 0. The highest BCUT2D eigenvalue weighted by molar-refractivity contribution is 5.07. The van der Waals surface area contributed by atoms with Gasteiger partial charge in [-0.25, -0.2) is 9.97 Å². The van der Waals surface area contributed by atoms with Crippen LogP contribution >= 0.6 is 0 Å². The molecule has 17 heavy (non-hydrogen) atoms. The topological polar surface area (TPSA) is 38.2 Å². The Morgan fingerprint density at radius 2 is 2.12 bits per heavy atom. The third-order valence-corrected chi connectivity index (χ3v) is 3.52. The molecule has 0 amide bonds. The van der Waals surface area contributed by atoms with Gasteiger partial charge in [-0.3, -0.25) is 4.90 Å². The van der Waals surface area contributed by atoms with Gasteiger partial charge < -0.3 is 4.74 Å². The Morgan fingerprint density at radius 1 is 1.41 bits per heavy atom. The molecule has 94 valence electrons. The van der Waals surface area contributed by atoms with Crippen LogP contribution in [-0.4, -0.2) is 35.1 Å². The molecule has 1 aromatic heterocycles. The van der Waals surface area contributed by atoms with Crippen molar-refractivity contribution >= 4 is 0 Å². The summed E-state index contributed by atoms with van der Waals surface area (Å²) in [6, 6.07) is 0.440. The van der Waals surface area contributed by atoms with Gasteiger partial charge in [0, 0.05) is 31.0 Å². The fourth-order valence-corrected chi connectivity index (χ4v) is 2.34. The second-order valence-corrected chi connectivity index (χ2v) is 5.11. The predicted molar refractivity (Wildman–Crippen MR) is 66.8 cm³/mol. The Balaban J connectivity index is 1.89. The maximum absolute atomic E-state index is 4.95. The van der Waals surface area contributed by atoms with Gasteiger partial charge >= 0.3 is 6.01 Å². The Bertz CT molecular complexity index is 350. The maximum Gasteiger partial charge on any atom is 0.316 e. The second kappa shape index (κ2) is 5.45. The SMILES string of the molecule is COc1ncc(CN2CCC(C(C)C)C2)cn1. The fraction of sp³-hybridized carbons (Fsp3) is 0.692. The summed E-state index contributed by atoms with van der Waals surface area (Å²) < 4.78 is 4.95. The quantitative estimate of drug-likeness (QED) is 0.799. The molecule has 0 spiro atoms. The molecule has 0 aliphatic carbocycles. The standard InChI is InChI=1S/C13H21N3O/c1-10(2)12-4-5-16(9-12)8-11-6-14-13(17-3)15-7-11/h6-7,10,12H,4-5,8-9H2,1-3H3. The lowest BCUT2D eigenvalue weighted by atomic mass is 9.95. The van der Waals surface area contributed by atoms with E-state index >= 15 is 0 Å². The van der Waals surface area contributed by atoms with Crippen molar-refractivity contribution in [2.45, 2.75) is 26.8 Å². The maximum atomic E-state index is 4.95. The van der Waals surface area contributed by atoms with Crippen LogP contribution in [0.3, 0.4) is 0 Å². The molecule has 4 heteroatoms. The molecule has 0 radical (unpaired) electrons. The van der Waals surface area contributed by atoms with E-state index < -0.39 is 0 Å². The minimum absolute atomic E-state index is 0.440. The average Bonchev–Trinajstić information content (AvgIpc) is 2.79. The first kappa shape index (κ1) is 12.3. The molecule has 1 aromatic rings. The van der Waals surface area contributed by atoms with E-state index in [1.54, 1.807) is 7.11 Å². The van der Waals surface area contributed by atoms with Gasteiger partial charge in [0.05, 0.1) is 7.11 Å². The molecule has 4 nitrogen and oxygen atoms in total. The first-order valence-corrected chi connectivity index (χ1v) is 6.26. The zero-order valence-corrected chi connectivity index (χ0v) is 10.9. The molecule has 1 fully saturated rings. The van der Waals surface area contributed by atoms with E-state index in [-0.39, 0.29) is 0 Å². The van der Waals surface area contributed by atoms with Crippen LogP contribution in [0.15, 0.2) is 12.4 Å². The van der Waals surface area contributed by atoms with Crippen LogP contribution in [0.5, 0.6) is 6.01 Å². The van der Waals surface area contributed by atoms with Crippen molar-refractivity contribution in [1.29, 1.82) is 0 Å². The molecule has 2 heterocycles. The number of aromatic nitrogens is 2. The van der Waals surface area contributed by atoms with Gasteiger partial charge in [-0.15, -0.1) is 0 Å². The normalized spacial score (nSPS) is 21.1. The van der Waals surface area contributed by atoms with Gasteiger partial charge in [0.25, 0.3) is 0 Å². The number of rotatable bonds is 4. The zero-order valence-electron chi connectivity index (χ0n) is 10.9. The number of hydrogen-bond donors (Lipinski definition) is 0. The lowest BCUT2D eigenvalue weighted by Crippen LogP contribution is -2.21. The van der Waals surface area contributed by atoms with E-state index in [9.17, 15) is 0 Å². The average molecular weight is 235 g/mol. The zero-order chi connectivity index (χ0) is 12.3. The van der Waals surface area contributed by atoms with Crippen LogP contribution in [0.2, 0.25) is 0 Å². The summed E-state index contributed by atoms with van der Waals surface area (Å²) >= 11 is 0. The molecule has 2 rings (SSSR count). The van der Waals surface area contributed by atoms with Crippen molar-refractivity contribution in [3.05, 3.63) is 18.0 Å². The van der Waals surface area contributed by atoms with Crippen molar-refractivity contribution in [2.24, 2.45) is 11.8 Å². The molecule has 1 aliphatic rings. The Hall–Kier alpha value is -1.16. The van der Waals surface area contributed by atoms with Crippen molar-refractivity contribution in [2.75, 3.05) is 20.2 Å². The molecule has 0 saturated carbocycles. The van der Waals surface area contributed by atoms with Crippen LogP contribution in [0, 0.1) is 11.8 Å². The lowest BCUT2D eigenvalue weighted by Gasteiger charge is -2.17. The minimum Gasteiger partial charge on any atom is -0.467 e. The van der Waals surface area contributed by atoms with E-state index in [1.807, 2.05) is 12.4 Å². The number of ether oxygens (including phenoxy) is 1. The summed E-state index contributed by atoms with van der Waals surface area (Å²) in [5.41, 5.74) is 1.16. The summed E-state index contributed by atoms with van der Waals surface area (Å²) in [4.78, 5) is 10.7. The molecular formula is C13H21N3O. The summed E-state index contributed by atoms with van der Waals surface area (Å²) in [6.07, 6.45) is 5.03. The van der Waals surface area contributed by atoms with Gasteiger partial charge in [-0.05, 0) is 24.8 Å². The van der Waals surface area contributed by atoms with Gasteiger partial charge in [0.2, 0.25) is 0 Å². The van der Waals surface area contributed by atoms with E-state index in [0.29, 0.717) is 6.01 Å². The predicted octanol–water partition coefficient (Wildman–Crippen LogP) is 1.96. The minimum atomic E-state index is 0.440. The van der Waals surface area contributed by atoms with Gasteiger partial charge in [0.15, 0.2) is 0 Å². The monoisotopic (exact) mass is 235 g/mol. The molecule has 1 atom stereocenters. The molecule has 0 bridgehead atoms. The van der Waals surface area contributed by atoms with Crippen LogP contribution in [-0.2, 0) is 6.54 Å². The van der Waals surface area contributed by atoms with E-state index in [1.165, 1.54) is 19.5 Å². The first-order chi connectivity index (χ1) is 8.19. The molecule has 0 aromatic carbocycles. The van der Waals surface area contributed by atoms with E-state index in [2.05, 4.69) is 28.7 Å². The summed E-state index contributed by atoms with van der Waals surface area (Å²) in [7, 11) is 1.59. The molecule has 1 saturated heterocycles. The Morgan fingerprint density at radius 3 is 2.65 bits per heavy atom. The van der Waals surface area contributed by atoms with E-state index in [0.717, 1.165) is 23.9 Å². The largest absolute Gasteiger partial charge is 0.467 e. The number of hydrogen-bond acceptors (Lipinski definition) is 4. The third-order valence-electron chi connectivity index (χ3n) is 3.52. The smallest absolute Gasteiger partial charge is 0.316 e. The fourth-order valence-electron chi connectivity index (χ4n) is 2.34. The third kappa shape index (κ3) is 3.16. The van der Waals surface area contributed by atoms with Crippen molar-refractivity contribution in [3.8, 4) is 6.01 Å². The Kier molecular flexibility index (Phi) is 3.94. The highest BCUT2D eigenvalue weighted by atomic mass is 16.5. The Labute approximate surface area is 103 Å². The van der Waals surface area contributed by atoms with Crippen molar-refractivity contribution in [1.82, 2.24) is 14.9 Å². The molecule has 0 N–H and O–H groups in total. The second-order valence-electron chi connectivity index (χ2n) is 5.11. The highest BCUT2D eigenvalue weighted by Gasteiger charge is 2.24. The molecule has 1 unspecified atom stereocenters. The molecule has 1 aliphatic heterocycles. The number of likely N-dealkylation sites (tertiary alicyclic amines) is 1. The van der Waals surface area contributed by atoms with Gasteiger partial charge in [0.1, 0.15) is 0 Å². The van der Waals surface area contributed by atoms with Crippen LogP contribution in [0.4, 0.5) is 0 Å². The van der Waals surface area contributed by atoms with E-state index in [4.69, 9.17) is 4.74 Å². The van der Waals surface area contributed by atoms with Crippen LogP contribution in [0.1, 0.15) is 25.8 Å². The highest BCUT2D eigenvalue weighted by Crippen LogP contribution is 2.24. The summed E-state index contributed by atoms with van der Waals surface area (Å²) in [5.74, 6) is 1.63. The molecular weight excluding hydrogens is 214 g/mol. The van der Waals surface area contributed by atoms with Crippen molar-refractivity contribution < 1.29 is 4.74 Å². The van der Waals surface area contributed by atoms with Crippen LogP contribution < -0.4 is 4.74 Å². The summed E-state index contributed by atoms with van der Waals surface area (Å²) in [6.45, 7) is 7.96. The van der Waals surface area contributed by atoms with Gasteiger partial charge in [-0.1, -0.05) is 13.8 Å². The number of nitrogens with zero attached hydrogens (tertiary/aromatic N) is 3. The van der Waals surface area contributed by atoms with Gasteiger partial charge in [-0.2, -0.15) is 0 Å². The van der Waals surface area contributed by atoms with Crippen molar-refractivity contribution in [3.63, 3.8) is 0 Å². The van der Waals surface area contributed by atoms with Crippen LogP contribution in [0.25, 0.3) is 0 Å². The number of methoxy groups -OCH3 is 1. The first-order valence-electron chi connectivity index (χ1n) is 6.26.